The summed E-state index contributed by atoms with van der Waals surface area (Å²) >= 11 is 0. The molecule has 5 aromatic rings. The number of benzene rings is 2. The van der Waals surface area contributed by atoms with Crippen LogP contribution in [0.5, 0.6) is 0 Å². The van der Waals surface area contributed by atoms with E-state index in [0.717, 1.165) is 64.8 Å². The van der Waals surface area contributed by atoms with Crippen LogP contribution in [-0.2, 0) is 21.6 Å². The lowest BCUT2D eigenvalue weighted by Crippen LogP contribution is -2.27. The van der Waals surface area contributed by atoms with Crippen molar-refractivity contribution < 1.29 is 13.2 Å². The molecule has 1 atom stereocenters. The lowest BCUT2D eigenvalue weighted by Gasteiger charge is -2.33. The zero-order chi connectivity index (χ0) is 25.7. The SMILES string of the molecule is Cc1cnn(C)c1-c1cnc2c3ccc(S(C)(=O)=O)cc3n(C(c3ccccc3)C3CCOCC3)c2c1. The molecule has 8 heteroatoms. The van der Waals surface area contributed by atoms with Gasteiger partial charge in [0, 0.05) is 43.7 Å². The first-order valence-corrected chi connectivity index (χ1v) is 14.5. The maximum Gasteiger partial charge on any atom is 0.175 e. The quantitative estimate of drug-likeness (QED) is 0.317. The van der Waals surface area contributed by atoms with Crippen LogP contribution in [0.3, 0.4) is 0 Å². The fourth-order valence-electron chi connectivity index (χ4n) is 5.82. The smallest absolute Gasteiger partial charge is 0.175 e. The van der Waals surface area contributed by atoms with Crippen LogP contribution in [0.1, 0.15) is 30.0 Å². The van der Waals surface area contributed by atoms with E-state index in [9.17, 15) is 8.42 Å². The van der Waals surface area contributed by atoms with E-state index in [1.807, 2.05) is 42.3 Å². The van der Waals surface area contributed by atoms with Gasteiger partial charge in [-0.1, -0.05) is 30.3 Å². The molecule has 0 spiro atoms. The number of pyridine rings is 1. The highest BCUT2D eigenvalue weighted by atomic mass is 32.2. The van der Waals surface area contributed by atoms with Gasteiger partial charge in [0.1, 0.15) is 0 Å². The fraction of sp³-hybridized carbons (Fsp3) is 0.310. The number of sulfone groups is 1. The molecule has 190 valence electrons. The number of ether oxygens (including phenoxy) is 1. The van der Waals surface area contributed by atoms with E-state index >= 15 is 0 Å². The second-order valence-electron chi connectivity index (χ2n) is 10.0. The largest absolute Gasteiger partial charge is 0.381 e. The zero-order valence-electron chi connectivity index (χ0n) is 21.3. The normalized spacial score (nSPS) is 16.0. The molecule has 1 aliphatic heterocycles. The molecule has 3 aromatic heterocycles. The second-order valence-corrected chi connectivity index (χ2v) is 12.0. The molecule has 0 radical (unpaired) electrons. The molecular formula is C29H30N4O3S. The molecule has 2 aromatic carbocycles. The predicted molar refractivity (Wildman–Crippen MR) is 145 cm³/mol. The minimum Gasteiger partial charge on any atom is -0.381 e. The van der Waals surface area contributed by atoms with Crippen LogP contribution in [0.2, 0.25) is 0 Å². The van der Waals surface area contributed by atoms with Crippen molar-refractivity contribution in [1.29, 1.82) is 0 Å². The van der Waals surface area contributed by atoms with E-state index < -0.39 is 9.84 Å². The molecule has 0 amide bonds. The maximum absolute atomic E-state index is 12.6. The highest BCUT2D eigenvalue weighted by Crippen LogP contribution is 2.41. The highest BCUT2D eigenvalue weighted by Gasteiger charge is 2.30. The van der Waals surface area contributed by atoms with E-state index in [0.29, 0.717) is 10.8 Å². The first-order valence-electron chi connectivity index (χ1n) is 12.6. The molecule has 0 bridgehead atoms. The van der Waals surface area contributed by atoms with E-state index in [4.69, 9.17) is 9.72 Å². The summed E-state index contributed by atoms with van der Waals surface area (Å²) in [5.41, 5.74) is 7.01. The number of fused-ring (bicyclic) bond motifs is 3. The fourth-order valence-corrected chi connectivity index (χ4v) is 6.46. The predicted octanol–water partition coefficient (Wildman–Crippen LogP) is 5.32. The number of hydrogen-bond acceptors (Lipinski definition) is 5. The first-order chi connectivity index (χ1) is 17.8. The van der Waals surface area contributed by atoms with E-state index in [2.05, 4.69) is 46.9 Å². The molecule has 1 aliphatic rings. The van der Waals surface area contributed by atoms with Crippen molar-refractivity contribution in [2.75, 3.05) is 19.5 Å². The van der Waals surface area contributed by atoms with Gasteiger partial charge >= 0.3 is 0 Å². The van der Waals surface area contributed by atoms with Gasteiger partial charge < -0.3 is 9.30 Å². The Morgan fingerprint density at radius 3 is 2.43 bits per heavy atom. The van der Waals surface area contributed by atoms with Crippen molar-refractivity contribution >= 4 is 31.8 Å². The van der Waals surface area contributed by atoms with Gasteiger partial charge in [0.25, 0.3) is 0 Å². The van der Waals surface area contributed by atoms with Crippen molar-refractivity contribution in [3.63, 3.8) is 0 Å². The van der Waals surface area contributed by atoms with Gasteiger partial charge in [0.15, 0.2) is 9.84 Å². The summed E-state index contributed by atoms with van der Waals surface area (Å²) in [5.74, 6) is 0.332. The molecule has 6 rings (SSSR count). The lowest BCUT2D eigenvalue weighted by molar-refractivity contribution is 0.0553. The van der Waals surface area contributed by atoms with Crippen LogP contribution in [0.25, 0.3) is 33.2 Å². The van der Waals surface area contributed by atoms with Crippen molar-refractivity contribution in [3.8, 4) is 11.3 Å². The average molecular weight is 515 g/mol. The van der Waals surface area contributed by atoms with Gasteiger partial charge in [0.05, 0.1) is 39.4 Å². The maximum atomic E-state index is 12.6. The molecule has 1 saturated heterocycles. The van der Waals surface area contributed by atoms with E-state index in [1.165, 1.54) is 11.8 Å². The zero-order valence-corrected chi connectivity index (χ0v) is 22.1. The molecule has 0 N–H and O–H groups in total. The summed E-state index contributed by atoms with van der Waals surface area (Å²) in [4.78, 5) is 5.26. The van der Waals surface area contributed by atoms with Gasteiger partial charge in [-0.25, -0.2) is 8.42 Å². The second kappa shape index (κ2) is 9.11. The highest BCUT2D eigenvalue weighted by molar-refractivity contribution is 7.90. The van der Waals surface area contributed by atoms with Gasteiger partial charge in [-0.15, -0.1) is 0 Å². The summed E-state index contributed by atoms with van der Waals surface area (Å²) in [6.07, 6.45) is 6.88. The van der Waals surface area contributed by atoms with Crippen LogP contribution < -0.4 is 0 Å². The minimum atomic E-state index is -3.38. The Morgan fingerprint density at radius 1 is 1.00 bits per heavy atom. The molecule has 7 nitrogen and oxygen atoms in total. The third-order valence-corrected chi connectivity index (χ3v) is 8.68. The van der Waals surface area contributed by atoms with E-state index in [-0.39, 0.29) is 6.04 Å². The van der Waals surface area contributed by atoms with Crippen LogP contribution in [0.4, 0.5) is 0 Å². The first kappa shape index (κ1) is 23.9. The topological polar surface area (TPSA) is 79.0 Å². The third kappa shape index (κ3) is 4.14. The van der Waals surface area contributed by atoms with E-state index in [1.54, 1.807) is 6.07 Å². The Morgan fingerprint density at radius 2 is 1.76 bits per heavy atom. The number of aromatic nitrogens is 4. The monoisotopic (exact) mass is 514 g/mol. The minimum absolute atomic E-state index is 0.00425. The average Bonchev–Trinajstić information content (AvgIpc) is 3.40. The summed E-state index contributed by atoms with van der Waals surface area (Å²) < 4.78 is 35.1. The Kier molecular flexibility index (Phi) is 5.88. The van der Waals surface area contributed by atoms with Gasteiger partial charge in [-0.3, -0.25) is 9.67 Å². The molecule has 37 heavy (non-hydrogen) atoms. The summed E-state index contributed by atoms with van der Waals surface area (Å²) in [6.45, 7) is 3.49. The van der Waals surface area contributed by atoms with Crippen LogP contribution in [-0.4, -0.2) is 47.2 Å². The van der Waals surface area contributed by atoms with Crippen molar-refractivity contribution in [2.45, 2.75) is 30.7 Å². The van der Waals surface area contributed by atoms with Crippen molar-refractivity contribution in [1.82, 2.24) is 19.3 Å². The Labute approximate surface area is 216 Å². The Bertz CT molecular complexity index is 1700. The summed E-state index contributed by atoms with van der Waals surface area (Å²) in [5, 5.41) is 5.38. The van der Waals surface area contributed by atoms with Crippen molar-refractivity contribution in [2.24, 2.45) is 13.0 Å². The summed E-state index contributed by atoms with van der Waals surface area (Å²) in [6, 6.07) is 18.1. The Balaban J connectivity index is 1.71. The van der Waals surface area contributed by atoms with Gasteiger partial charge in [-0.05, 0) is 61.1 Å². The molecule has 0 saturated carbocycles. The molecular weight excluding hydrogens is 484 g/mol. The van der Waals surface area contributed by atoms with Crippen LogP contribution in [0.15, 0.2) is 71.9 Å². The lowest BCUT2D eigenvalue weighted by atomic mass is 9.86. The standard InChI is InChI=1S/C29H30N4O3S/c1-19-17-31-32(2)28(19)22-15-26-27(30-18-22)24-10-9-23(37(3,34)35)16-25(24)33(26)29(20-7-5-4-6-8-20)21-11-13-36-14-12-21/h4-10,15-18,21,29H,11-14H2,1-3H3. The van der Waals surface area contributed by atoms with Crippen LogP contribution >= 0.6 is 0 Å². The number of rotatable bonds is 5. The van der Waals surface area contributed by atoms with Crippen LogP contribution in [0, 0.1) is 12.8 Å². The molecule has 0 aliphatic carbocycles. The molecule has 4 heterocycles. The van der Waals surface area contributed by atoms with Crippen molar-refractivity contribution in [3.05, 3.63) is 78.1 Å². The van der Waals surface area contributed by atoms with Gasteiger partial charge in [-0.2, -0.15) is 5.10 Å². The third-order valence-electron chi connectivity index (χ3n) is 7.57. The number of aryl methyl sites for hydroxylation is 2. The molecule has 1 unspecified atom stereocenters. The van der Waals surface area contributed by atoms with Gasteiger partial charge in [0.2, 0.25) is 0 Å². The molecule has 1 fully saturated rings. The Hall–Kier alpha value is -3.49. The number of nitrogens with zero attached hydrogens (tertiary/aromatic N) is 4. The summed E-state index contributed by atoms with van der Waals surface area (Å²) in [7, 11) is -1.44. The number of hydrogen-bond donors (Lipinski definition) is 0.